The highest BCUT2D eigenvalue weighted by Gasteiger charge is 2.20. The van der Waals surface area contributed by atoms with Crippen LogP contribution in [-0.4, -0.2) is 23.1 Å². The van der Waals surface area contributed by atoms with Gasteiger partial charge in [-0.25, -0.2) is 4.98 Å². The summed E-state index contributed by atoms with van der Waals surface area (Å²) in [5.41, 5.74) is 1.54. The third kappa shape index (κ3) is 4.18. The van der Waals surface area contributed by atoms with Crippen molar-refractivity contribution in [3.8, 4) is 0 Å². The molecule has 0 amide bonds. The first-order valence-electron chi connectivity index (χ1n) is 7.08. The van der Waals surface area contributed by atoms with Gasteiger partial charge in [0.15, 0.2) is 0 Å². The van der Waals surface area contributed by atoms with Gasteiger partial charge in [-0.2, -0.15) is 0 Å². The molecule has 0 aliphatic carbocycles. The quantitative estimate of drug-likeness (QED) is 0.634. The number of halogens is 1. The first-order valence-corrected chi connectivity index (χ1v) is 7.46. The smallest absolute Gasteiger partial charge is 0.290 e. The second-order valence-electron chi connectivity index (χ2n) is 5.25. The lowest BCUT2D eigenvalue weighted by Crippen LogP contribution is -2.26. The molecule has 0 saturated carbocycles. The summed E-state index contributed by atoms with van der Waals surface area (Å²) >= 11 is 5.91. The molecule has 7 heteroatoms. The number of nitro groups is 1. The highest BCUT2D eigenvalue weighted by atomic mass is 35.5. The van der Waals surface area contributed by atoms with E-state index in [4.69, 9.17) is 16.3 Å². The molecule has 122 valence electrons. The fourth-order valence-corrected chi connectivity index (χ4v) is 2.54. The van der Waals surface area contributed by atoms with Gasteiger partial charge in [-0.15, -0.1) is 0 Å². The number of pyridine rings is 1. The summed E-state index contributed by atoms with van der Waals surface area (Å²) in [6.07, 6.45) is 1.05. The molecule has 0 aliphatic heterocycles. The summed E-state index contributed by atoms with van der Waals surface area (Å²) < 4.78 is 5.56. The van der Waals surface area contributed by atoms with Gasteiger partial charge in [0.05, 0.1) is 11.0 Å². The van der Waals surface area contributed by atoms with E-state index in [2.05, 4.69) is 10.3 Å². The molecule has 0 fully saturated rings. The number of benzene rings is 1. The van der Waals surface area contributed by atoms with E-state index >= 15 is 0 Å². The average molecular weight is 336 g/mol. The van der Waals surface area contributed by atoms with Crippen molar-refractivity contribution in [3.05, 3.63) is 62.8 Å². The maximum atomic E-state index is 10.8. The van der Waals surface area contributed by atoms with E-state index in [0.29, 0.717) is 16.4 Å². The predicted molar refractivity (Wildman–Crippen MR) is 89.9 cm³/mol. The second kappa shape index (κ2) is 7.39. The number of anilines is 1. The lowest BCUT2D eigenvalue weighted by atomic mass is 10.0. The summed E-state index contributed by atoms with van der Waals surface area (Å²) in [7, 11) is 1.63. The predicted octanol–water partition coefficient (Wildman–Crippen LogP) is 4.14. The number of aryl methyl sites for hydroxylation is 1. The minimum atomic E-state index is -0.443. The van der Waals surface area contributed by atoms with Crippen molar-refractivity contribution >= 4 is 23.1 Å². The molecule has 1 heterocycles. The number of hydrogen-bond donors (Lipinski definition) is 1. The number of hydrogen-bond acceptors (Lipinski definition) is 5. The Morgan fingerprint density at radius 3 is 2.52 bits per heavy atom. The molecule has 1 aromatic carbocycles. The van der Waals surface area contributed by atoms with E-state index in [1.807, 2.05) is 31.2 Å². The molecular formula is C16H18ClN3O3. The van der Waals surface area contributed by atoms with E-state index in [1.165, 1.54) is 6.20 Å². The normalized spacial score (nSPS) is 13.4. The average Bonchev–Trinajstić information content (AvgIpc) is 2.49. The van der Waals surface area contributed by atoms with Crippen LogP contribution in [0.5, 0.6) is 0 Å². The lowest BCUT2D eigenvalue weighted by Gasteiger charge is -2.24. The molecule has 0 aliphatic rings. The molecule has 0 bridgehead atoms. The third-order valence-electron chi connectivity index (χ3n) is 3.56. The highest BCUT2D eigenvalue weighted by Crippen LogP contribution is 2.25. The molecule has 0 spiro atoms. The van der Waals surface area contributed by atoms with Crippen molar-refractivity contribution < 1.29 is 9.66 Å². The number of methoxy groups -OCH3 is 1. The van der Waals surface area contributed by atoms with Gasteiger partial charge in [0.2, 0.25) is 0 Å². The number of rotatable bonds is 6. The van der Waals surface area contributed by atoms with Crippen molar-refractivity contribution in [2.45, 2.75) is 26.0 Å². The van der Waals surface area contributed by atoms with Crippen LogP contribution in [0.15, 0.2) is 36.5 Å². The van der Waals surface area contributed by atoms with E-state index in [-0.39, 0.29) is 17.8 Å². The summed E-state index contributed by atoms with van der Waals surface area (Å²) in [4.78, 5) is 14.5. The van der Waals surface area contributed by atoms with Gasteiger partial charge in [0.1, 0.15) is 18.1 Å². The van der Waals surface area contributed by atoms with Crippen LogP contribution >= 0.6 is 11.6 Å². The molecule has 1 aromatic heterocycles. The van der Waals surface area contributed by atoms with E-state index in [9.17, 15) is 10.1 Å². The molecular weight excluding hydrogens is 318 g/mol. The van der Waals surface area contributed by atoms with Gasteiger partial charge in [0.25, 0.3) is 5.69 Å². The number of nitrogens with one attached hydrogen (secondary N) is 1. The molecule has 0 saturated heterocycles. The first-order chi connectivity index (χ1) is 10.9. The summed E-state index contributed by atoms with van der Waals surface area (Å²) in [5, 5.41) is 14.7. The van der Waals surface area contributed by atoms with Crippen molar-refractivity contribution in [2.75, 3.05) is 12.4 Å². The molecule has 2 aromatic rings. The Morgan fingerprint density at radius 1 is 1.35 bits per heavy atom. The van der Waals surface area contributed by atoms with Crippen molar-refractivity contribution in [2.24, 2.45) is 0 Å². The zero-order valence-electron chi connectivity index (χ0n) is 13.1. The van der Waals surface area contributed by atoms with Crippen LogP contribution in [-0.2, 0) is 4.74 Å². The van der Waals surface area contributed by atoms with Crippen molar-refractivity contribution in [1.29, 1.82) is 0 Å². The third-order valence-corrected chi connectivity index (χ3v) is 3.81. The fraction of sp³-hybridized carbons (Fsp3) is 0.312. The lowest BCUT2D eigenvalue weighted by molar-refractivity contribution is -0.385. The van der Waals surface area contributed by atoms with E-state index < -0.39 is 4.92 Å². The SMILES string of the molecule is COC(c1ccc(Cl)cc1)C(C)Nc1cc(C)c([N+](=O)[O-])cn1. The molecule has 2 atom stereocenters. The minimum Gasteiger partial charge on any atom is -0.375 e. The van der Waals surface area contributed by atoms with Crippen LogP contribution in [0.2, 0.25) is 5.02 Å². The Kier molecular flexibility index (Phi) is 5.52. The van der Waals surface area contributed by atoms with Crippen molar-refractivity contribution in [3.63, 3.8) is 0 Å². The Bertz CT molecular complexity index is 691. The molecule has 2 rings (SSSR count). The van der Waals surface area contributed by atoms with Gasteiger partial charge in [-0.05, 0) is 37.6 Å². The van der Waals surface area contributed by atoms with Gasteiger partial charge < -0.3 is 10.1 Å². The zero-order valence-corrected chi connectivity index (χ0v) is 13.9. The second-order valence-corrected chi connectivity index (χ2v) is 5.69. The molecule has 1 N–H and O–H groups in total. The fourth-order valence-electron chi connectivity index (χ4n) is 2.41. The zero-order chi connectivity index (χ0) is 17.0. The first kappa shape index (κ1) is 17.2. The van der Waals surface area contributed by atoms with Crippen LogP contribution in [0.3, 0.4) is 0 Å². The summed E-state index contributed by atoms with van der Waals surface area (Å²) in [6.45, 7) is 3.64. The monoisotopic (exact) mass is 335 g/mol. The Hall–Kier alpha value is -2.18. The van der Waals surface area contributed by atoms with E-state index in [0.717, 1.165) is 5.56 Å². The number of nitrogens with zero attached hydrogens (tertiary/aromatic N) is 2. The largest absolute Gasteiger partial charge is 0.375 e. The number of ether oxygens (including phenoxy) is 1. The van der Waals surface area contributed by atoms with Crippen LogP contribution in [0.1, 0.15) is 24.2 Å². The minimum absolute atomic E-state index is 0.00389. The highest BCUT2D eigenvalue weighted by molar-refractivity contribution is 6.30. The number of aromatic nitrogens is 1. The Morgan fingerprint density at radius 2 is 2.00 bits per heavy atom. The van der Waals surface area contributed by atoms with Crippen LogP contribution in [0, 0.1) is 17.0 Å². The molecule has 23 heavy (non-hydrogen) atoms. The molecule has 0 radical (unpaired) electrons. The van der Waals surface area contributed by atoms with Gasteiger partial charge in [-0.1, -0.05) is 23.7 Å². The summed E-state index contributed by atoms with van der Waals surface area (Å²) in [6, 6.07) is 9.00. The van der Waals surface area contributed by atoms with Gasteiger partial charge in [0, 0.05) is 17.7 Å². The van der Waals surface area contributed by atoms with Gasteiger partial charge >= 0.3 is 0 Å². The maximum absolute atomic E-state index is 10.8. The topological polar surface area (TPSA) is 77.3 Å². The Labute approximate surface area is 139 Å². The standard InChI is InChI=1S/C16H18ClN3O3/c1-10-8-15(18-9-14(10)20(21)22)19-11(2)16(23-3)12-4-6-13(17)7-5-12/h4-9,11,16H,1-3H3,(H,18,19). The van der Waals surface area contributed by atoms with Crippen LogP contribution in [0.25, 0.3) is 0 Å². The Balaban J connectivity index is 2.16. The van der Waals surface area contributed by atoms with Crippen LogP contribution < -0.4 is 5.32 Å². The molecule has 2 unspecified atom stereocenters. The van der Waals surface area contributed by atoms with Crippen molar-refractivity contribution in [1.82, 2.24) is 4.98 Å². The van der Waals surface area contributed by atoms with Crippen LogP contribution in [0.4, 0.5) is 11.5 Å². The van der Waals surface area contributed by atoms with Gasteiger partial charge in [-0.3, -0.25) is 10.1 Å². The maximum Gasteiger partial charge on any atom is 0.290 e. The summed E-state index contributed by atoms with van der Waals surface area (Å²) in [5.74, 6) is 0.566. The van der Waals surface area contributed by atoms with E-state index in [1.54, 1.807) is 20.1 Å². The molecule has 6 nitrogen and oxygen atoms in total.